The Morgan fingerprint density at radius 1 is 0.920 bits per heavy atom. The SMILES string of the molecule is COc1ccc(C(=O)N/N=C\c2cccc(OC)c2OC)cc1OC. The standard InChI is InChI=1S/C18H20N2O5/c1-22-14-9-8-12(10-16(14)24-3)18(21)20-19-11-13-6-5-7-15(23-2)17(13)25-4/h5-11H,1-4H3,(H,20,21)/b19-11-. The molecule has 132 valence electrons. The number of rotatable bonds is 7. The number of benzene rings is 2. The molecule has 0 aliphatic heterocycles. The van der Waals surface area contributed by atoms with E-state index in [2.05, 4.69) is 10.5 Å². The van der Waals surface area contributed by atoms with E-state index >= 15 is 0 Å². The van der Waals surface area contributed by atoms with Gasteiger partial charge in [-0.2, -0.15) is 5.10 Å². The van der Waals surface area contributed by atoms with Gasteiger partial charge in [-0.05, 0) is 30.3 Å². The number of para-hydroxylation sites is 1. The van der Waals surface area contributed by atoms with Crippen LogP contribution in [0, 0.1) is 0 Å². The molecule has 7 heteroatoms. The lowest BCUT2D eigenvalue weighted by atomic mass is 10.2. The molecule has 0 saturated carbocycles. The number of amides is 1. The van der Waals surface area contributed by atoms with Gasteiger partial charge in [-0.1, -0.05) is 6.07 Å². The smallest absolute Gasteiger partial charge is 0.271 e. The average Bonchev–Trinajstić information content (AvgIpc) is 2.66. The minimum absolute atomic E-state index is 0.376. The van der Waals surface area contributed by atoms with E-state index in [4.69, 9.17) is 18.9 Å². The van der Waals surface area contributed by atoms with Crippen molar-refractivity contribution in [1.29, 1.82) is 0 Å². The highest BCUT2D eigenvalue weighted by molar-refractivity contribution is 5.95. The molecular weight excluding hydrogens is 324 g/mol. The summed E-state index contributed by atoms with van der Waals surface area (Å²) in [4.78, 5) is 12.2. The lowest BCUT2D eigenvalue weighted by Gasteiger charge is -2.10. The number of nitrogens with one attached hydrogen (secondary N) is 1. The van der Waals surface area contributed by atoms with Crippen LogP contribution in [0.25, 0.3) is 0 Å². The van der Waals surface area contributed by atoms with Crippen LogP contribution in [0.4, 0.5) is 0 Å². The van der Waals surface area contributed by atoms with Crippen LogP contribution in [0.15, 0.2) is 41.5 Å². The molecule has 0 fully saturated rings. The van der Waals surface area contributed by atoms with Crippen LogP contribution in [0.5, 0.6) is 23.0 Å². The highest BCUT2D eigenvalue weighted by atomic mass is 16.5. The van der Waals surface area contributed by atoms with Crippen molar-refractivity contribution in [3.8, 4) is 23.0 Å². The highest BCUT2D eigenvalue weighted by Gasteiger charge is 2.11. The Labute approximate surface area is 146 Å². The van der Waals surface area contributed by atoms with E-state index in [-0.39, 0.29) is 5.91 Å². The Balaban J connectivity index is 2.13. The molecule has 0 unspecified atom stereocenters. The topological polar surface area (TPSA) is 78.4 Å². The Bertz CT molecular complexity index is 774. The van der Waals surface area contributed by atoms with Gasteiger partial charge in [0.05, 0.1) is 34.7 Å². The Hall–Kier alpha value is -3.22. The van der Waals surface area contributed by atoms with Crippen LogP contribution in [0.1, 0.15) is 15.9 Å². The van der Waals surface area contributed by atoms with Crippen molar-refractivity contribution in [2.45, 2.75) is 0 Å². The van der Waals surface area contributed by atoms with E-state index in [0.717, 1.165) is 0 Å². The number of hydrogen-bond acceptors (Lipinski definition) is 6. The molecule has 25 heavy (non-hydrogen) atoms. The van der Waals surface area contributed by atoms with E-state index in [1.54, 1.807) is 43.5 Å². The van der Waals surface area contributed by atoms with Crippen molar-refractivity contribution < 1.29 is 23.7 Å². The first kappa shape index (κ1) is 18.1. The molecule has 2 aromatic rings. The average molecular weight is 344 g/mol. The molecule has 1 N–H and O–H groups in total. The zero-order valence-corrected chi connectivity index (χ0v) is 14.5. The summed E-state index contributed by atoms with van der Waals surface area (Å²) in [6, 6.07) is 10.2. The predicted molar refractivity (Wildman–Crippen MR) is 94.2 cm³/mol. The van der Waals surface area contributed by atoms with Gasteiger partial charge in [0.15, 0.2) is 23.0 Å². The predicted octanol–water partition coefficient (Wildman–Crippen LogP) is 2.48. The van der Waals surface area contributed by atoms with Gasteiger partial charge in [-0.3, -0.25) is 4.79 Å². The zero-order chi connectivity index (χ0) is 18.2. The third-order valence-corrected chi connectivity index (χ3v) is 3.45. The first-order chi connectivity index (χ1) is 12.1. The van der Waals surface area contributed by atoms with E-state index < -0.39 is 0 Å². The van der Waals surface area contributed by atoms with Crippen LogP contribution in [-0.2, 0) is 0 Å². The fraction of sp³-hybridized carbons (Fsp3) is 0.222. The van der Waals surface area contributed by atoms with Crippen molar-refractivity contribution in [2.75, 3.05) is 28.4 Å². The van der Waals surface area contributed by atoms with Crippen LogP contribution >= 0.6 is 0 Å². The molecule has 0 aliphatic carbocycles. The number of carbonyl (C=O) groups is 1. The second-order valence-corrected chi connectivity index (χ2v) is 4.85. The molecule has 0 bridgehead atoms. The lowest BCUT2D eigenvalue weighted by Crippen LogP contribution is -2.17. The third-order valence-electron chi connectivity index (χ3n) is 3.45. The summed E-state index contributed by atoms with van der Waals surface area (Å²) in [5, 5.41) is 3.97. The number of carbonyl (C=O) groups excluding carboxylic acids is 1. The number of hydrogen-bond donors (Lipinski definition) is 1. The quantitative estimate of drug-likeness (QED) is 0.617. The van der Waals surface area contributed by atoms with Crippen molar-refractivity contribution in [1.82, 2.24) is 5.43 Å². The molecule has 0 spiro atoms. The normalized spacial score (nSPS) is 10.4. The fourth-order valence-electron chi connectivity index (χ4n) is 2.22. The summed E-state index contributed by atoms with van der Waals surface area (Å²) < 4.78 is 20.9. The molecule has 1 amide bonds. The molecule has 0 radical (unpaired) electrons. The van der Waals surface area contributed by atoms with E-state index in [1.165, 1.54) is 27.5 Å². The fourth-order valence-corrected chi connectivity index (χ4v) is 2.22. The van der Waals surface area contributed by atoms with Gasteiger partial charge < -0.3 is 18.9 Å². The Morgan fingerprint density at radius 3 is 2.28 bits per heavy atom. The largest absolute Gasteiger partial charge is 0.493 e. The van der Waals surface area contributed by atoms with Gasteiger partial charge in [0.2, 0.25) is 0 Å². The summed E-state index contributed by atoms with van der Waals surface area (Å²) in [6.45, 7) is 0. The molecule has 7 nitrogen and oxygen atoms in total. The van der Waals surface area contributed by atoms with Crippen molar-refractivity contribution in [3.63, 3.8) is 0 Å². The van der Waals surface area contributed by atoms with Crippen LogP contribution in [0.3, 0.4) is 0 Å². The third kappa shape index (κ3) is 4.20. The maximum atomic E-state index is 12.2. The molecular formula is C18H20N2O5. The first-order valence-electron chi connectivity index (χ1n) is 7.41. The first-order valence-corrected chi connectivity index (χ1v) is 7.41. The van der Waals surface area contributed by atoms with Gasteiger partial charge in [-0.25, -0.2) is 5.43 Å². The minimum Gasteiger partial charge on any atom is -0.493 e. The highest BCUT2D eigenvalue weighted by Crippen LogP contribution is 2.29. The maximum absolute atomic E-state index is 12.2. The molecule has 0 atom stereocenters. The van der Waals surface area contributed by atoms with E-state index in [1.807, 2.05) is 0 Å². The second kappa shape index (κ2) is 8.58. The summed E-state index contributed by atoms with van der Waals surface area (Å²) in [6.07, 6.45) is 1.49. The van der Waals surface area contributed by atoms with Gasteiger partial charge in [0, 0.05) is 11.1 Å². The van der Waals surface area contributed by atoms with E-state index in [9.17, 15) is 4.79 Å². The number of nitrogens with zero attached hydrogens (tertiary/aromatic N) is 1. The van der Waals surface area contributed by atoms with E-state index in [0.29, 0.717) is 34.1 Å². The van der Waals surface area contributed by atoms with Crippen LogP contribution in [-0.4, -0.2) is 40.6 Å². The molecule has 0 saturated heterocycles. The van der Waals surface area contributed by atoms with Crippen molar-refractivity contribution in [3.05, 3.63) is 47.5 Å². The summed E-state index contributed by atoms with van der Waals surface area (Å²) in [5.41, 5.74) is 3.53. The Morgan fingerprint density at radius 2 is 1.64 bits per heavy atom. The monoisotopic (exact) mass is 344 g/mol. The summed E-state index contributed by atoms with van der Waals surface area (Å²) >= 11 is 0. The minimum atomic E-state index is -0.376. The number of ether oxygens (including phenoxy) is 4. The second-order valence-electron chi connectivity index (χ2n) is 4.85. The van der Waals surface area contributed by atoms with Crippen molar-refractivity contribution >= 4 is 12.1 Å². The number of hydrazone groups is 1. The summed E-state index contributed by atoms with van der Waals surface area (Å²) in [5.74, 6) is 1.75. The Kier molecular flexibility index (Phi) is 6.22. The lowest BCUT2D eigenvalue weighted by molar-refractivity contribution is 0.0954. The maximum Gasteiger partial charge on any atom is 0.271 e. The van der Waals surface area contributed by atoms with Gasteiger partial charge >= 0.3 is 0 Å². The van der Waals surface area contributed by atoms with Crippen LogP contribution < -0.4 is 24.4 Å². The number of methoxy groups -OCH3 is 4. The van der Waals surface area contributed by atoms with Crippen molar-refractivity contribution in [2.24, 2.45) is 5.10 Å². The molecule has 0 aromatic heterocycles. The molecule has 0 aliphatic rings. The summed E-state index contributed by atoms with van der Waals surface area (Å²) in [7, 11) is 6.13. The molecule has 2 rings (SSSR count). The van der Waals surface area contributed by atoms with Crippen LogP contribution in [0.2, 0.25) is 0 Å². The van der Waals surface area contributed by atoms with Gasteiger partial charge in [-0.15, -0.1) is 0 Å². The zero-order valence-electron chi connectivity index (χ0n) is 14.5. The van der Waals surface area contributed by atoms with Gasteiger partial charge in [0.1, 0.15) is 0 Å². The van der Waals surface area contributed by atoms with Gasteiger partial charge in [0.25, 0.3) is 5.91 Å². The molecule has 2 aromatic carbocycles. The molecule has 0 heterocycles.